The maximum Gasteiger partial charge on any atom is 0.161 e. The van der Waals surface area contributed by atoms with Crippen LogP contribution in [0.2, 0.25) is 0 Å². The van der Waals surface area contributed by atoms with Gasteiger partial charge in [0.2, 0.25) is 0 Å². The van der Waals surface area contributed by atoms with Crippen molar-refractivity contribution in [3.63, 3.8) is 0 Å². The number of nitrogens with zero attached hydrogens (tertiary/aromatic N) is 1. The second-order valence-electron chi connectivity index (χ2n) is 4.99. The number of carbonyl (C=O) groups is 1. The standard InChI is InChI=1S/C15H21NO4/c1-10-12-9-14(20-3)13(19-2)8-11(12)4-6-16(10)7-5-15(17)18/h8-10H,4-7H2,1-3H3,(H,17,18)/p-1. The van der Waals surface area contributed by atoms with Crippen molar-refractivity contribution in [1.82, 2.24) is 4.90 Å². The topological polar surface area (TPSA) is 61.8 Å². The Morgan fingerprint density at radius 2 is 2.00 bits per heavy atom. The number of carboxylic acids is 1. The highest BCUT2D eigenvalue weighted by Crippen LogP contribution is 2.37. The fourth-order valence-corrected chi connectivity index (χ4v) is 2.74. The van der Waals surface area contributed by atoms with Crippen LogP contribution >= 0.6 is 0 Å². The first-order valence-electron chi connectivity index (χ1n) is 6.75. The van der Waals surface area contributed by atoms with E-state index in [1.54, 1.807) is 14.2 Å². The molecule has 1 heterocycles. The van der Waals surface area contributed by atoms with Crippen molar-refractivity contribution in [2.24, 2.45) is 0 Å². The number of ether oxygens (including phenoxy) is 2. The Labute approximate surface area is 119 Å². The molecule has 20 heavy (non-hydrogen) atoms. The molecule has 0 spiro atoms. The van der Waals surface area contributed by atoms with Crippen molar-refractivity contribution in [2.75, 3.05) is 27.3 Å². The molecule has 5 nitrogen and oxygen atoms in total. The van der Waals surface area contributed by atoms with Gasteiger partial charge in [-0.05, 0) is 43.0 Å². The minimum atomic E-state index is -1.00. The Morgan fingerprint density at radius 3 is 2.60 bits per heavy atom. The summed E-state index contributed by atoms with van der Waals surface area (Å²) < 4.78 is 10.7. The van der Waals surface area contributed by atoms with Crippen LogP contribution < -0.4 is 14.6 Å². The molecule has 5 heteroatoms. The number of rotatable bonds is 5. The molecule has 0 amide bonds. The Hall–Kier alpha value is -1.75. The van der Waals surface area contributed by atoms with Gasteiger partial charge in [0.25, 0.3) is 0 Å². The zero-order valence-electron chi connectivity index (χ0n) is 12.1. The lowest BCUT2D eigenvalue weighted by Gasteiger charge is -2.35. The van der Waals surface area contributed by atoms with Crippen LogP contribution in [0.5, 0.6) is 11.5 Å². The highest BCUT2D eigenvalue weighted by molar-refractivity contribution is 5.64. The van der Waals surface area contributed by atoms with E-state index in [0.717, 1.165) is 18.7 Å². The van der Waals surface area contributed by atoms with Crippen LogP contribution in [0.1, 0.15) is 30.5 Å². The third-order valence-corrected chi connectivity index (χ3v) is 3.91. The first kappa shape index (κ1) is 14.7. The maximum atomic E-state index is 10.6. The van der Waals surface area contributed by atoms with Crippen molar-refractivity contribution >= 4 is 5.97 Å². The third kappa shape index (κ3) is 2.88. The summed E-state index contributed by atoms with van der Waals surface area (Å²) in [7, 11) is 3.24. The van der Waals surface area contributed by atoms with Crippen LogP contribution in [-0.2, 0) is 11.2 Å². The molecule has 0 N–H and O–H groups in total. The molecule has 1 aromatic rings. The number of carboxylic acid groups (broad SMARTS) is 1. The van der Waals surface area contributed by atoms with E-state index in [9.17, 15) is 9.90 Å². The van der Waals surface area contributed by atoms with Gasteiger partial charge in [-0.3, -0.25) is 4.90 Å². The first-order chi connectivity index (χ1) is 9.56. The Morgan fingerprint density at radius 1 is 1.35 bits per heavy atom. The van der Waals surface area contributed by atoms with Gasteiger partial charge in [0, 0.05) is 25.1 Å². The van der Waals surface area contributed by atoms with Crippen LogP contribution in [-0.4, -0.2) is 38.2 Å². The van der Waals surface area contributed by atoms with E-state index in [0.29, 0.717) is 12.3 Å². The summed E-state index contributed by atoms with van der Waals surface area (Å²) >= 11 is 0. The molecule has 0 fully saturated rings. The molecule has 1 aromatic carbocycles. The molecular weight excluding hydrogens is 258 g/mol. The van der Waals surface area contributed by atoms with E-state index in [-0.39, 0.29) is 12.5 Å². The molecule has 0 saturated heterocycles. The van der Waals surface area contributed by atoms with Crippen LogP contribution in [0.3, 0.4) is 0 Å². The van der Waals surface area contributed by atoms with Crippen molar-refractivity contribution in [2.45, 2.75) is 25.8 Å². The van der Waals surface area contributed by atoms with Crippen LogP contribution in [0.25, 0.3) is 0 Å². The average molecular weight is 278 g/mol. The van der Waals surface area contributed by atoms with Gasteiger partial charge in [0.1, 0.15) is 0 Å². The van der Waals surface area contributed by atoms with Gasteiger partial charge in [0.05, 0.1) is 14.2 Å². The molecule has 0 aliphatic carbocycles. The molecule has 1 aliphatic rings. The summed E-state index contributed by atoms with van der Waals surface area (Å²) in [5.74, 6) is 0.441. The average Bonchev–Trinajstić information content (AvgIpc) is 2.45. The molecule has 0 bridgehead atoms. The summed E-state index contributed by atoms with van der Waals surface area (Å²) in [5.41, 5.74) is 2.41. The Kier molecular flexibility index (Phi) is 4.49. The summed E-state index contributed by atoms with van der Waals surface area (Å²) in [6.45, 7) is 3.44. The molecule has 1 atom stereocenters. The van der Waals surface area contributed by atoms with Crippen LogP contribution in [0.4, 0.5) is 0 Å². The summed E-state index contributed by atoms with van der Waals surface area (Å²) in [6, 6.07) is 4.17. The molecule has 0 aromatic heterocycles. The molecular formula is C15H20NO4-. The Balaban J connectivity index is 2.24. The van der Waals surface area contributed by atoms with Crippen LogP contribution in [0.15, 0.2) is 12.1 Å². The molecule has 1 aliphatic heterocycles. The number of fused-ring (bicyclic) bond motifs is 1. The van der Waals surface area contributed by atoms with Gasteiger partial charge >= 0.3 is 0 Å². The second kappa shape index (κ2) is 6.13. The molecule has 1 unspecified atom stereocenters. The van der Waals surface area contributed by atoms with E-state index in [1.165, 1.54) is 11.1 Å². The van der Waals surface area contributed by atoms with Gasteiger partial charge in [-0.25, -0.2) is 0 Å². The molecule has 110 valence electrons. The molecule has 0 radical (unpaired) electrons. The number of aliphatic carboxylic acids is 1. The lowest BCUT2D eigenvalue weighted by molar-refractivity contribution is -0.306. The van der Waals surface area contributed by atoms with Gasteiger partial charge < -0.3 is 19.4 Å². The van der Waals surface area contributed by atoms with E-state index >= 15 is 0 Å². The summed E-state index contributed by atoms with van der Waals surface area (Å²) in [6.07, 6.45) is 0.944. The van der Waals surface area contributed by atoms with Gasteiger partial charge in [-0.1, -0.05) is 0 Å². The van der Waals surface area contributed by atoms with Gasteiger partial charge in [-0.15, -0.1) is 0 Å². The number of hydrogen-bond acceptors (Lipinski definition) is 5. The predicted molar refractivity (Wildman–Crippen MR) is 72.9 cm³/mol. The first-order valence-corrected chi connectivity index (χ1v) is 6.75. The fourth-order valence-electron chi connectivity index (χ4n) is 2.74. The zero-order chi connectivity index (χ0) is 14.7. The normalized spacial score (nSPS) is 18.4. The highest BCUT2D eigenvalue weighted by atomic mass is 16.5. The Bertz CT molecular complexity index is 501. The molecule has 0 saturated carbocycles. The summed E-state index contributed by atoms with van der Waals surface area (Å²) in [4.78, 5) is 12.8. The molecule has 2 rings (SSSR count). The maximum absolute atomic E-state index is 10.6. The minimum Gasteiger partial charge on any atom is -0.550 e. The van der Waals surface area contributed by atoms with E-state index in [1.807, 2.05) is 12.1 Å². The highest BCUT2D eigenvalue weighted by Gasteiger charge is 2.25. The number of benzene rings is 1. The predicted octanol–water partition coefficient (Wildman–Crippen LogP) is 0.763. The van der Waals surface area contributed by atoms with E-state index < -0.39 is 5.97 Å². The van der Waals surface area contributed by atoms with Crippen molar-refractivity contribution < 1.29 is 19.4 Å². The van der Waals surface area contributed by atoms with Crippen LogP contribution in [0, 0.1) is 0 Å². The SMILES string of the molecule is COc1cc2c(cc1OC)C(C)N(CCC(=O)[O-])CC2. The van der Waals surface area contributed by atoms with E-state index in [4.69, 9.17) is 9.47 Å². The largest absolute Gasteiger partial charge is 0.550 e. The number of carbonyl (C=O) groups excluding carboxylic acids is 1. The smallest absolute Gasteiger partial charge is 0.161 e. The second-order valence-corrected chi connectivity index (χ2v) is 4.99. The monoisotopic (exact) mass is 278 g/mol. The third-order valence-electron chi connectivity index (χ3n) is 3.91. The quantitative estimate of drug-likeness (QED) is 0.796. The van der Waals surface area contributed by atoms with Gasteiger partial charge in [-0.2, -0.15) is 0 Å². The lowest BCUT2D eigenvalue weighted by Crippen LogP contribution is -2.37. The van der Waals surface area contributed by atoms with Crippen molar-refractivity contribution in [3.8, 4) is 11.5 Å². The zero-order valence-corrected chi connectivity index (χ0v) is 12.1. The lowest BCUT2D eigenvalue weighted by atomic mass is 9.92. The van der Waals surface area contributed by atoms with Crippen molar-refractivity contribution in [3.05, 3.63) is 23.3 Å². The minimum absolute atomic E-state index is 0.0625. The van der Waals surface area contributed by atoms with E-state index in [2.05, 4.69) is 11.8 Å². The fraction of sp³-hybridized carbons (Fsp3) is 0.533. The van der Waals surface area contributed by atoms with Gasteiger partial charge in [0.15, 0.2) is 11.5 Å². The number of hydrogen-bond donors (Lipinski definition) is 0. The number of methoxy groups -OCH3 is 2. The summed E-state index contributed by atoms with van der Waals surface area (Å²) in [5, 5.41) is 10.6. The van der Waals surface area contributed by atoms with Crippen molar-refractivity contribution in [1.29, 1.82) is 0 Å².